The van der Waals surface area contributed by atoms with Gasteiger partial charge in [0, 0.05) is 5.70 Å². The molecule has 1 N–H and O–H groups in total. The highest BCUT2D eigenvalue weighted by Crippen LogP contribution is 2.35. The molecule has 8 nitrogen and oxygen atoms in total. The van der Waals surface area contributed by atoms with Crippen molar-refractivity contribution in [3.8, 4) is 5.75 Å². The van der Waals surface area contributed by atoms with Crippen molar-refractivity contribution in [2.75, 3.05) is 11.9 Å². The number of aromatic nitrogens is 4. The van der Waals surface area contributed by atoms with Gasteiger partial charge in [0.25, 0.3) is 0 Å². The molecule has 1 aromatic heterocycles. The molecule has 2 aromatic carbocycles. The highest BCUT2D eigenvalue weighted by molar-refractivity contribution is 5.92. The van der Waals surface area contributed by atoms with Crippen molar-refractivity contribution in [3.05, 3.63) is 77.0 Å². The molecule has 1 unspecified atom stereocenters. The topological polar surface area (TPSA) is 91.2 Å². The Kier molecular flexibility index (Phi) is 5.24. The van der Waals surface area contributed by atoms with E-state index in [1.807, 2.05) is 68.4 Å². The molecule has 0 saturated carbocycles. The zero-order valence-corrected chi connectivity index (χ0v) is 16.2. The van der Waals surface area contributed by atoms with Crippen molar-refractivity contribution in [3.63, 3.8) is 0 Å². The third kappa shape index (κ3) is 3.82. The molecular formula is C21H21N5O3. The Morgan fingerprint density at radius 3 is 2.62 bits per heavy atom. The first kappa shape index (κ1) is 18.7. The number of anilines is 1. The molecule has 0 spiro atoms. The summed E-state index contributed by atoms with van der Waals surface area (Å²) in [5.74, 6) is 0.816. The zero-order valence-electron chi connectivity index (χ0n) is 16.2. The van der Waals surface area contributed by atoms with Crippen molar-refractivity contribution in [1.29, 1.82) is 0 Å². The van der Waals surface area contributed by atoms with Gasteiger partial charge in [-0.15, -0.1) is 0 Å². The summed E-state index contributed by atoms with van der Waals surface area (Å²) in [6.07, 6.45) is 0. The number of benzene rings is 2. The molecule has 1 atom stereocenters. The number of tetrazole rings is 1. The number of carbonyl (C=O) groups is 1. The first-order chi connectivity index (χ1) is 14.2. The molecule has 8 heteroatoms. The van der Waals surface area contributed by atoms with Gasteiger partial charge >= 0.3 is 5.97 Å². The van der Waals surface area contributed by atoms with Gasteiger partial charge in [0.05, 0.1) is 12.2 Å². The lowest BCUT2D eigenvalue weighted by Gasteiger charge is -2.27. The second-order valence-corrected chi connectivity index (χ2v) is 6.58. The first-order valence-corrected chi connectivity index (χ1v) is 9.37. The third-order valence-electron chi connectivity index (χ3n) is 4.65. The maximum absolute atomic E-state index is 13.0. The standard InChI is InChI=1S/C21H21N5O3/c1-3-28-17-11-9-16(10-12-17)19-18(14(2)22-21-23-24-25-26(19)21)20(27)29-13-15-7-5-4-6-8-15/h4-12,19H,3,13H2,1-2H3,(H,22,23,25). The molecule has 4 rings (SSSR count). The van der Waals surface area contributed by atoms with Crippen LogP contribution in [0, 0.1) is 0 Å². The molecule has 148 valence electrons. The number of nitrogens with zero attached hydrogens (tertiary/aromatic N) is 4. The summed E-state index contributed by atoms with van der Waals surface area (Å²) in [4.78, 5) is 13.0. The molecule has 0 aliphatic carbocycles. The highest BCUT2D eigenvalue weighted by Gasteiger charge is 2.35. The minimum Gasteiger partial charge on any atom is -0.494 e. The van der Waals surface area contributed by atoms with Crippen molar-refractivity contribution in [2.24, 2.45) is 0 Å². The predicted molar refractivity (Wildman–Crippen MR) is 106 cm³/mol. The highest BCUT2D eigenvalue weighted by atomic mass is 16.5. The van der Waals surface area contributed by atoms with Crippen LogP contribution in [0.4, 0.5) is 5.95 Å². The van der Waals surface area contributed by atoms with Gasteiger partial charge in [-0.1, -0.05) is 47.6 Å². The van der Waals surface area contributed by atoms with Crippen LogP contribution in [0.25, 0.3) is 0 Å². The largest absolute Gasteiger partial charge is 0.494 e. The fourth-order valence-corrected chi connectivity index (χ4v) is 3.30. The fraction of sp³-hybridized carbons (Fsp3) is 0.238. The minimum atomic E-state index is -0.500. The molecule has 0 fully saturated rings. The average molecular weight is 391 g/mol. The number of nitrogens with one attached hydrogen (secondary N) is 1. The van der Waals surface area contributed by atoms with Crippen LogP contribution in [0.15, 0.2) is 65.9 Å². The normalized spacial score (nSPS) is 15.4. The maximum atomic E-state index is 13.0. The molecule has 0 radical (unpaired) electrons. The van der Waals surface area contributed by atoms with Crippen molar-refractivity contribution < 1.29 is 14.3 Å². The summed E-state index contributed by atoms with van der Waals surface area (Å²) in [5, 5.41) is 14.9. The smallest absolute Gasteiger partial charge is 0.338 e. The molecule has 2 heterocycles. The van der Waals surface area contributed by atoms with E-state index in [9.17, 15) is 4.79 Å². The molecule has 0 amide bonds. The van der Waals surface area contributed by atoms with Crippen molar-refractivity contribution in [2.45, 2.75) is 26.5 Å². The Morgan fingerprint density at radius 2 is 1.90 bits per heavy atom. The minimum absolute atomic E-state index is 0.189. The first-order valence-electron chi connectivity index (χ1n) is 9.37. The number of allylic oxidation sites excluding steroid dienone is 1. The Labute approximate surface area is 168 Å². The number of hydrogen-bond donors (Lipinski definition) is 1. The summed E-state index contributed by atoms with van der Waals surface area (Å²) < 4.78 is 12.7. The maximum Gasteiger partial charge on any atom is 0.338 e. The number of fused-ring (bicyclic) bond motifs is 1. The van der Waals surface area contributed by atoms with E-state index in [-0.39, 0.29) is 6.61 Å². The fourth-order valence-electron chi connectivity index (χ4n) is 3.30. The van der Waals surface area contributed by atoms with Crippen LogP contribution in [0.2, 0.25) is 0 Å². The van der Waals surface area contributed by atoms with Crippen LogP contribution < -0.4 is 10.1 Å². The van der Waals surface area contributed by atoms with Crippen LogP contribution >= 0.6 is 0 Å². The van der Waals surface area contributed by atoms with Gasteiger partial charge in [-0.25, -0.2) is 4.79 Å². The van der Waals surface area contributed by atoms with Crippen LogP contribution in [-0.2, 0) is 16.1 Å². The van der Waals surface area contributed by atoms with Crippen molar-refractivity contribution >= 4 is 11.9 Å². The Bertz CT molecular complexity index is 1030. The van der Waals surface area contributed by atoms with E-state index in [0.717, 1.165) is 16.9 Å². The molecule has 0 bridgehead atoms. The second-order valence-electron chi connectivity index (χ2n) is 6.58. The van der Waals surface area contributed by atoms with Gasteiger partial charge in [-0.2, -0.15) is 4.68 Å². The number of esters is 1. The summed E-state index contributed by atoms with van der Waals surface area (Å²) >= 11 is 0. The summed E-state index contributed by atoms with van der Waals surface area (Å²) in [7, 11) is 0. The van der Waals surface area contributed by atoms with Gasteiger partial charge in [0.2, 0.25) is 5.95 Å². The van der Waals surface area contributed by atoms with Gasteiger partial charge in [0.1, 0.15) is 18.4 Å². The number of ether oxygens (including phenoxy) is 2. The lowest BCUT2D eigenvalue weighted by atomic mass is 9.95. The van der Waals surface area contributed by atoms with Crippen LogP contribution in [0.5, 0.6) is 5.75 Å². The Balaban J connectivity index is 1.65. The van der Waals surface area contributed by atoms with Gasteiger partial charge in [0.15, 0.2) is 0 Å². The van der Waals surface area contributed by atoms with Crippen LogP contribution in [-0.4, -0.2) is 32.8 Å². The molecule has 29 heavy (non-hydrogen) atoms. The second kappa shape index (κ2) is 8.14. The Hall–Kier alpha value is -3.68. The quantitative estimate of drug-likeness (QED) is 0.646. The molecule has 3 aromatic rings. The van der Waals surface area contributed by atoms with E-state index in [0.29, 0.717) is 23.8 Å². The van der Waals surface area contributed by atoms with E-state index < -0.39 is 12.0 Å². The number of hydrogen-bond acceptors (Lipinski definition) is 7. The molecular weight excluding hydrogens is 370 g/mol. The van der Waals surface area contributed by atoms with E-state index in [1.54, 1.807) is 4.68 Å². The third-order valence-corrected chi connectivity index (χ3v) is 4.65. The number of carbonyl (C=O) groups excluding carboxylic acids is 1. The monoisotopic (exact) mass is 391 g/mol. The SMILES string of the molecule is CCOc1ccc(C2C(C(=O)OCc3ccccc3)=C(C)Nc3nnnn32)cc1. The van der Waals surface area contributed by atoms with E-state index in [1.165, 1.54) is 0 Å². The number of rotatable bonds is 6. The summed E-state index contributed by atoms with van der Waals surface area (Å²) in [6, 6.07) is 16.6. The van der Waals surface area contributed by atoms with Gasteiger partial charge < -0.3 is 14.8 Å². The van der Waals surface area contributed by atoms with E-state index in [4.69, 9.17) is 9.47 Å². The van der Waals surface area contributed by atoms with Crippen molar-refractivity contribution in [1.82, 2.24) is 20.2 Å². The van der Waals surface area contributed by atoms with Crippen LogP contribution in [0.3, 0.4) is 0 Å². The molecule has 1 aliphatic heterocycles. The van der Waals surface area contributed by atoms with Gasteiger partial charge in [-0.05, 0) is 47.5 Å². The van der Waals surface area contributed by atoms with E-state index >= 15 is 0 Å². The molecule has 0 saturated heterocycles. The lowest BCUT2D eigenvalue weighted by Crippen LogP contribution is -2.29. The van der Waals surface area contributed by atoms with E-state index in [2.05, 4.69) is 20.8 Å². The summed E-state index contributed by atoms with van der Waals surface area (Å²) in [6.45, 7) is 4.52. The Morgan fingerprint density at radius 1 is 1.14 bits per heavy atom. The van der Waals surface area contributed by atoms with Gasteiger partial charge in [-0.3, -0.25) is 0 Å². The van der Waals surface area contributed by atoms with Crippen LogP contribution in [0.1, 0.15) is 31.0 Å². The summed E-state index contributed by atoms with van der Waals surface area (Å²) in [5.41, 5.74) is 2.90. The lowest BCUT2D eigenvalue weighted by molar-refractivity contribution is -0.140. The average Bonchev–Trinajstić information content (AvgIpc) is 3.20. The predicted octanol–water partition coefficient (Wildman–Crippen LogP) is 3.10. The zero-order chi connectivity index (χ0) is 20.2. The molecule has 1 aliphatic rings.